The minimum atomic E-state index is -1.18. The van der Waals surface area contributed by atoms with Crippen molar-refractivity contribution in [2.45, 2.75) is 19.8 Å². The topological polar surface area (TPSA) is 105 Å². The Hall–Kier alpha value is -2.06. The largest absolute Gasteiger partial charge is 0.465 e. The highest BCUT2D eigenvalue weighted by Crippen LogP contribution is 2.41. The first kappa shape index (κ1) is 22.2. The number of halogens is 1. The maximum absolute atomic E-state index is 12.8. The maximum Gasteiger partial charge on any atom is 0.319 e. The van der Waals surface area contributed by atoms with Crippen LogP contribution in [-0.2, 0) is 23.9 Å². The fourth-order valence-electron chi connectivity index (χ4n) is 2.82. The molecule has 1 aliphatic heterocycles. The van der Waals surface area contributed by atoms with Crippen LogP contribution in [0.5, 0.6) is 0 Å². The summed E-state index contributed by atoms with van der Waals surface area (Å²) in [5, 5.41) is 12.7. The third kappa shape index (κ3) is 5.05. The first-order valence-electron chi connectivity index (χ1n) is 8.59. The van der Waals surface area contributed by atoms with Crippen molar-refractivity contribution < 1.29 is 23.9 Å². The van der Waals surface area contributed by atoms with E-state index in [1.54, 1.807) is 26.0 Å². The molecule has 2 rings (SSSR count). The van der Waals surface area contributed by atoms with Crippen LogP contribution >= 0.6 is 34.4 Å². The smallest absolute Gasteiger partial charge is 0.319 e. The zero-order valence-corrected chi connectivity index (χ0v) is 18.3. The summed E-state index contributed by atoms with van der Waals surface area (Å²) in [5.74, 6) is -3.74. The predicted octanol–water partition coefficient (Wildman–Crippen LogP) is 2.72. The van der Waals surface area contributed by atoms with Crippen LogP contribution in [0, 0.1) is 20.8 Å². The fraction of sp³-hybridized carbons (Fsp3) is 0.368. The minimum absolute atomic E-state index is 0.0582. The van der Waals surface area contributed by atoms with E-state index in [4.69, 9.17) is 9.47 Å². The first-order valence-corrected chi connectivity index (χ1v) is 10.7. The number of carbonyl (C=O) groups excluding carboxylic acids is 3. The summed E-state index contributed by atoms with van der Waals surface area (Å²) in [6.45, 7) is 3.72. The highest BCUT2D eigenvalue weighted by atomic mass is 127. The molecule has 1 aromatic rings. The second-order valence-corrected chi connectivity index (χ2v) is 7.81. The molecule has 0 saturated heterocycles. The maximum atomic E-state index is 12.8. The SMILES string of the molecule is CCOC(=O)CSC1=C(C#N)[C@H](c2ccccc2I)[C@H](C(=O)OCC)C(=O)N1. The highest BCUT2D eigenvalue weighted by Gasteiger charge is 2.45. The molecular formula is C19H19IN2O5S. The molecule has 9 heteroatoms. The van der Waals surface area contributed by atoms with Gasteiger partial charge in [-0.1, -0.05) is 30.0 Å². The molecule has 1 aromatic carbocycles. The minimum Gasteiger partial charge on any atom is -0.465 e. The quantitative estimate of drug-likeness (QED) is 0.339. The number of thioether (sulfide) groups is 1. The molecule has 0 aromatic heterocycles. The van der Waals surface area contributed by atoms with Crippen molar-refractivity contribution in [3.63, 3.8) is 0 Å². The molecule has 0 unspecified atom stereocenters. The summed E-state index contributed by atoms with van der Waals surface area (Å²) in [4.78, 5) is 37.0. The molecular weight excluding hydrogens is 495 g/mol. The van der Waals surface area contributed by atoms with Crippen LogP contribution in [-0.4, -0.2) is 36.8 Å². The van der Waals surface area contributed by atoms with Crippen molar-refractivity contribution in [2.24, 2.45) is 5.92 Å². The van der Waals surface area contributed by atoms with Crippen molar-refractivity contribution in [1.29, 1.82) is 5.26 Å². The monoisotopic (exact) mass is 514 g/mol. The summed E-state index contributed by atoms with van der Waals surface area (Å²) in [7, 11) is 0. The van der Waals surface area contributed by atoms with E-state index in [2.05, 4.69) is 34.0 Å². The number of hydrogen-bond donors (Lipinski definition) is 1. The Morgan fingerprint density at radius 3 is 2.54 bits per heavy atom. The van der Waals surface area contributed by atoms with Crippen LogP contribution in [0.25, 0.3) is 0 Å². The second-order valence-electron chi connectivity index (χ2n) is 5.67. The van der Waals surface area contributed by atoms with Gasteiger partial charge in [0.1, 0.15) is 5.92 Å². The van der Waals surface area contributed by atoms with E-state index in [-0.39, 0.29) is 29.6 Å². The number of ether oxygens (including phenoxy) is 2. The third-order valence-corrected chi connectivity index (χ3v) is 5.92. The average molecular weight is 514 g/mol. The van der Waals surface area contributed by atoms with Crippen LogP contribution < -0.4 is 5.32 Å². The molecule has 1 amide bonds. The lowest BCUT2D eigenvalue weighted by Gasteiger charge is -2.31. The number of allylic oxidation sites excluding steroid dienone is 1. The molecule has 0 bridgehead atoms. The average Bonchev–Trinajstić information content (AvgIpc) is 2.66. The number of benzene rings is 1. The van der Waals surface area contributed by atoms with Gasteiger partial charge in [-0.3, -0.25) is 14.4 Å². The van der Waals surface area contributed by atoms with Crippen molar-refractivity contribution in [2.75, 3.05) is 19.0 Å². The molecule has 148 valence electrons. The molecule has 0 radical (unpaired) electrons. The molecule has 1 N–H and O–H groups in total. The van der Waals surface area contributed by atoms with Gasteiger partial charge < -0.3 is 14.8 Å². The van der Waals surface area contributed by atoms with Gasteiger partial charge in [-0.25, -0.2) is 0 Å². The van der Waals surface area contributed by atoms with Gasteiger partial charge in [0.15, 0.2) is 0 Å². The van der Waals surface area contributed by atoms with Crippen LogP contribution in [0.4, 0.5) is 0 Å². The number of amides is 1. The predicted molar refractivity (Wildman–Crippen MR) is 112 cm³/mol. The number of esters is 2. The first-order chi connectivity index (χ1) is 13.4. The number of rotatable bonds is 7. The lowest BCUT2D eigenvalue weighted by molar-refractivity contribution is -0.153. The second kappa shape index (κ2) is 10.5. The number of hydrogen-bond acceptors (Lipinski definition) is 7. The van der Waals surface area contributed by atoms with E-state index in [1.165, 1.54) is 0 Å². The Balaban J connectivity index is 2.51. The summed E-state index contributed by atoms with van der Waals surface area (Å²) in [5.41, 5.74) is 0.901. The Kier molecular flexibility index (Phi) is 8.32. The van der Waals surface area contributed by atoms with E-state index in [0.29, 0.717) is 5.56 Å². The van der Waals surface area contributed by atoms with Gasteiger partial charge in [-0.15, -0.1) is 0 Å². The lowest BCUT2D eigenvalue weighted by atomic mass is 9.78. The number of nitriles is 1. The van der Waals surface area contributed by atoms with Gasteiger partial charge in [0.2, 0.25) is 5.91 Å². The third-order valence-electron chi connectivity index (χ3n) is 3.95. The fourth-order valence-corrected chi connectivity index (χ4v) is 4.39. The van der Waals surface area contributed by atoms with Gasteiger partial charge >= 0.3 is 11.9 Å². The van der Waals surface area contributed by atoms with Crippen LogP contribution in [0.1, 0.15) is 25.3 Å². The zero-order valence-electron chi connectivity index (χ0n) is 15.4. The van der Waals surface area contributed by atoms with Gasteiger partial charge in [0, 0.05) is 9.49 Å². The molecule has 1 heterocycles. The summed E-state index contributed by atoms with van der Waals surface area (Å²) in [6.07, 6.45) is 0. The van der Waals surface area contributed by atoms with Gasteiger partial charge in [-0.2, -0.15) is 5.26 Å². The Morgan fingerprint density at radius 1 is 1.25 bits per heavy atom. The van der Waals surface area contributed by atoms with Gasteiger partial charge in [0.05, 0.1) is 35.6 Å². The summed E-state index contributed by atoms with van der Waals surface area (Å²) < 4.78 is 10.8. The van der Waals surface area contributed by atoms with Crippen LogP contribution in [0.3, 0.4) is 0 Å². The van der Waals surface area contributed by atoms with Crippen molar-refractivity contribution in [3.05, 3.63) is 44.0 Å². The van der Waals surface area contributed by atoms with Crippen molar-refractivity contribution >= 4 is 52.2 Å². The zero-order chi connectivity index (χ0) is 20.7. The Morgan fingerprint density at radius 2 is 1.93 bits per heavy atom. The molecule has 7 nitrogen and oxygen atoms in total. The molecule has 1 aliphatic rings. The normalized spacial score (nSPS) is 18.9. The van der Waals surface area contributed by atoms with Crippen LogP contribution in [0.2, 0.25) is 0 Å². The number of carbonyl (C=O) groups is 3. The molecule has 28 heavy (non-hydrogen) atoms. The van der Waals surface area contributed by atoms with Gasteiger partial charge in [-0.05, 0) is 48.1 Å². The van der Waals surface area contributed by atoms with Gasteiger partial charge in [0.25, 0.3) is 0 Å². The van der Waals surface area contributed by atoms with E-state index in [1.807, 2.05) is 12.1 Å². The van der Waals surface area contributed by atoms with Crippen molar-refractivity contribution in [3.8, 4) is 6.07 Å². The molecule has 0 saturated carbocycles. The molecule has 0 spiro atoms. The Labute approximate surface area is 181 Å². The van der Waals surface area contributed by atoms with E-state index in [0.717, 1.165) is 15.3 Å². The number of nitrogens with zero attached hydrogens (tertiary/aromatic N) is 1. The van der Waals surface area contributed by atoms with E-state index in [9.17, 15) is 19.6 Å². The van der Waals surface area contributed by atoms with Crippen molar-refractivity contribution in [1.82, 2.24) is 5.32 Å². The molecule has 0 aliphatic carbocycles. The Bertz CT molecular complexity index is 849. The molecule has 0 fully saturated rings. The van der Waals surface area contributed by atoms with E-state index < -0.39 is 29.7 Å². The van der Waals surface area contributed by atoms with E-state index >= 15 is 0 Å². The van der Waals surface area contributed by atoms with Crippen LogP contribution in [0.15, 0.2) is 34.9 Å². The summed E-state index contributed by atoms with van der Waals surface area (Å²) >= 11 is 3.11. The summed E-state index contributed by atoms with van der Waals surface area (Å²) in [6, 6.07) is 9.35. The standard InChI is InChI=1S/C19H19IN2O5S/c1-3-26-14(23)10-28-18-12(9-21)15(11-7-5-6-8-13(11)20)16(17(24)22-18)19(25)27-4-2/h5-8,15-16H,3-4,10H2,1-2H3,(H,22,24)/t15-,16-/m0/s1. The highest BCUT2D eigenvalue weighted by molar-refractivity contribution is 14.1. The molecule has 2 atom stereocenters. The lowest BCUT2D eigenvalue weighted by Crippen LogP contribution is -2.44. The number of nitrogens with one attached hydrogen (secondary N) is 1.